The number of aromatic nitrogens is 2. The van der Waals surface area contributed by atoms with Gasteiger partial charge in [-0.05, 0) is 66.2 Å². The number of hydrazone groups is 1. The van der Waals surface area contributed by atoms with Gasteiger partial charge in [0, 0.05) is 5.56 Å². The van der Waals surface area contributed by atoms with Gasteiger partial charge in [-0.2, -0.15) is 5.10 Å². The van der Waals surface area contributed by atoms with Gasteiger partial charge in [0.2, 0.25) is 0 Å². The van der Waals surface area contributed by atoms with Crippen molar-refractivity contribution in [2.45, 2.75) is 6.61 Å². The topological polar surface area (TPSA) is 88.6 Å². The summed E-state index contributed by atoms with van der Waals surface area (Å²) >= 11 is 0. The van der Waals surface area contributed by atoms with Gasteiger partial charge in [-0.1, -0.05) is 12.1 Å². The van der Waals surface area contributed by atoms with E-state index in [9.17, 15) is 4.79 Å². The third-order valence-electron chi connectivity index (χ3n) is 4.43. The molecule has 0 radical (unpaired) electrons. The molecule has 150 valence electrons. The number of amides is 1. The van der Waals surface area contributed by atoms with Crippen LogP contribution in [-0.2, 0) is 6.61 Å². The number of nitrogens with one attached hydrogen (secondary N) is 2. The molecule has 1 amide bonds. The van der Waals surface area contributed by atoms with Crippen LogP contribution in [0.3, 0.4) is 0 Å². The minimum absolute atomic E-state index is 0.302. The molecule has 2 N–H and O–H groups in total. The number of nitrogens with zero attached hydrogens (tertiary/aromatic N) is 2. The maximum Gasteiger partial charge on any atom is 0.271 e. The number of ether oxygens (including phenoxy) is 2. The van der Waals surface area contributed by atoms with Crippen LogP contribution in [0.4, 0.5) is 0 Å². The first-order chi connectivity index (χ1) is 14.7. The molecule has 0 spiro atoms. The van der Waals surface area contributed by atoms with Crippen molar-refractivity contribution in [1.29, 1.82) is 0 Å². The molecule has 0 fully saturated rings. The first-order valence-corrected chi connectivity index (χ1v) is 9.35. The predicted molar refractivity (Wildman–Crippen MR) is 115 cm³/mol. The van der Waals surface area contributed by atoms with Crippen molar-refractivity contribution in [2.75, 3.05) is 7.11 Å². The number of para-hydroxylation sites is 2. The van der Waals surface area contributed by atoms with Crippen LogP contribution in [-0.4, -0.2) is 29.2 Å². The molecule has 0 aliphatic rings. The van der Waals surface area contributed by atoms with Crippen LogP contribution in [0.2, 0.25) is 0 Å². The van der Waals surface area contributed by atoms with E-state index in [4.69, 9.17) is 9.47 Å². The van der Waals surface area contributed by atoms with E-state index in [1.165, 1.54) is 0 Å². The molecule has 3 aromatic carbocycles. The summed E-state index contributed by atoms with van der Waals surface area (Å²) in [7, 11) is 1.61. The summed E-state index contributed by atoms with van der Waals surface area (Å²) in [6.07, 6.45) is 1.57. The molecule has 4 rings (SSSR count). The van der Waals surface area contributed by atoms with Gasteiger partial charge in [0.25, 0.3) is 5.91 Å². The highest BCUT2D eigenvalue weighted by molar-refractivity contribution is 5.95. The quantitative estimate of drug-likeness (QED) is 0.364. The highest BCUT2D eigenvalue weighted by atomic mass is 16.5. The van der Waals surface area contributed by atoms with E-state index in [0.29, 0.717) is 17.9 Å². The van der Waals surface area contributed by atoms with E-state index in [2.05, 4.69) is 20.5 Å². The van der Waals surface area contributed by atoms with Gasteiger partial charge in [0.1, 0.15) is 23.9 Å². The van der Waals surface area contributed by atoms with Crippen LogP contribution in [0, 0.1) is 0 Å². The van der Waals surface area contributed by atoms with Gasteiger partial charge in [0.15, 0.2) is 0 Å². The molecular formula is C23H20N4O3. The summed E-state index contributed by atoms with van der Waals surface area (Å²) in [6, 6.07) is 22.0. The summed E-state index contributed by atoms with van der Waals surface area (Å²) in [6.45, 7) is 0.312. The molecule has 30 heavy (non-hydrogen) atoms. The second-order valence-electron chi connectivity index (χ2n) is 6.49. The fourth-order valence-corrected chi connectivity index (χ4v) is 2.85. The van der Waals surface area contributed by atoms with Gasteiger partial charge in [-0.3, -0.25) is 4.79 Å². The van der Waals surface area contributed by atoms with Gasteiger partial charge < -0.3 is 14.5 Å². The van der Waals surface area contributed by atoms with E-state index < -0.39 is 0 Å². The Morgan fingerprint density at radius 3 is 2.50 bits per heavy atom. The minimum Gasteiger partial charge on any atom is -0.497 e. The van der Waals surface area contributed by atoms with Crippen molar-refractivity contribution < 1.29 is 14.3 Å². The smallest absolute Gasteiger partial charge is 0.271 e. The van der Waals surface area contributed by atoms with Gasteiger partial charge in [-0.15, -0.1) is 0 Å². The average molecular weight is 400 g/mol. The number of carbonyl (C=O) groups is 1. The first-order valence-electron chi connectivity index (χ1n) is 9.35. The van der Waals surface area contributed by atoms with Crippen LogP contribution in [0.25, 0.3) is 11.0 Å². The summed E-state index contributed by atoms with van der Waals surface area (Å²) in [4.78, 5) is 19.9. The monoisotopic (exact) mass is 400 g/mol. The van der Waals surface area contributed by atoms with Gasteiger partial charge in [-0.25, -0.2) is 10.4 Å². The van der Waals surface area contributed by atoms with Crippen LogP contribution in [0.15, 0.2) is 77.9 Å². The predicted octanol–water partition coefficient (Wildman–Crippen LogP) is 3.91. The number of benzene rings is 3. The Bertz CT molecular complexity index is 1130. The number of fused-ring (bicyclic) bond motifs is 1. The van der Waals surface area contributed by atoms with E-state index in [1.807, 2.05) is 48.5 Å². The number of hydrogen-bond acceptors (Lipinski definition) is 5. The average Bonchev–Trinajstić information content (AvgIpc) is 3.21. The third kappa shape index (κ3) is 4.64. The Balaban J connectivity index is 1.30. The van der Waals surface area contributed by atoms with Crippen LogP contribution < -0.4 is 14.9 Å². The number of carbonyl (C=O) groups excluding carboxylic acids is 1. The van der Waals surface area contributed by atoms with Crippen molar-refractivity contribution in [2.24, 2.45) is 5.10 Å². The van der Waals surface area contributed by atoms with E-state index >= 15 is 0 Å². The summed E-state index contributed by atoms with van der Waals surface area (Å²) in [5.74, 6) is 1.85. The first kappa shape index (κ1) is 19.2. The lowest BCUT2D eigenvalue weighted by Gasteiger charge is -2.05. The fraction of sp³-hybridized carbons (Fsp3) is 0.0870. The maximum absolute atomic E-state index is 12.2. The molecule has 4 aromatic rings. The molecule has 7 heteroatoms. The van der Waals surface area contributed by atoms with Crippen molar-refractivity contribution >= 4 is 23.2 Å². The molecule has 0 bridgehead atoms. The van der Waals surface area contributed by atoms with E-state index in [1.54, 1.807) is 37.6 Å². The third-order valence-corrected chi connectivity index (χ3v) is 4.43. The molecule has 1 heterocycles. The van der Waals surface area contributed by atoms with Gasteiger partial charge >= 0.3 is 0 Å². The molecule has 0 aliphatic carbocycles. The Morgan fingerprint density at radius 1 is 1.03 bits per heavy atom. The molecule has 0 atom stereocenters. The Morgan fingerprint density at radius 2 is 1.77 bits per heavy atom. The lowest BCUT2D eigenvalue weighted by atomic mass is 10.2. The Kier molecular flexibility index (Phi) is 5.70. The van der Waals surface area contributed by atoms with E-state index in [-0.39, 0.29) is 5.91 Å². The lowest BCUT2D eigenvalue weighted by molar-refractivity contribution is 0.0955. The summed E-state index contributed by atoms with van der Waals surface area (Å²) < 4.78 is 10.9. The van der Waals surface area contributed by atoms with E-state index in [0.717, 1.165) is 28.2 Å². The molecule has 0 saturated heterocycles. The zero-order valence-electron chi connectivity index (χ0n) is 16.3. The number of methoxy groups -OCH3 is 1. The number of imidazole rings is 1. The molecule has 0 saturated carbocycles. The summed E-state index contributed by atoms with van der Waals surface area (Å²) in [5.41, 5.74) is 5.72. The van der Waals surface area contributed by atoms with Crippen molar-refractivity contribution in [3.8, 4) is 11.5 Å². The number of H-pyrrole nitrogens is 1. The number of rotatable bonds is 7. The molecule has 1 aromatic heterocycles. The van der Waals surface area contributed by atoms with Crippen LogP contribution >= 0.6 is 0 Å². The maximum atomic E-state index is 12.2. The highest BCUT2D eigenvalue weighted by Gasteiger charge is 2.06. The molecule has 0 aliphatic heterocycles. The normalized spacial score (nSPS) is 11.0. The number of hydrogen-bond donors (Lipinski definition) is 2. The lowest BCUT2D eigenvalue weighted by Crippen LogP contribution is -2.17. The second-order valence-corrected chi connectivity index (χ2v) is 6.49. The van der Waals surface area contributed by atoms with Gasteiger partial charge in [0.05, 0.1) is 24.4 Å². The Hall–Kier alpha value is -4.13. The standard InChI is InChI=1S/C23H20N4O3/c1-29-18-10-6-16(7-11-18)14-24-27-23(28)17-8-12-19(13-9-17)30-15-22-25-20-4-2-3-5-21(20)26-22/h2-14H,15H2,1H3,(H,25,26)(H,27,28). The zero-order valence-corrected chi connectivity index (χ0v) is 16.3. The van der Waals surface area contributed by atoms with Crippen LogP contribution in [0.5, 0.6) is 11.5 Å². The molecular weight excluding hydrogens is 380 g/mol. The Labute approximate surface area is 173 Å². The summed E-state index contributed by atoms with van der Waals surface area (Å²) in [5, 5.41) is 3.98. The zero-order chi connectivity index (χ0) is 20.8. The minimum atomic E-state index is -0.302. The van der Waals surface area contributed by atoms with Crippen molar-refractivity contribution in [3.05, 3.63) is 89.7 Å². The number of aromatic amines is 1. The van der Waals surface area contributed by atoms with Crippen molar-refractivity contribution in [3.63, 3.8) is 0 Å². The molecule has 7 nitrogen and oxygen atoms in total. The fourth-order valence-electron chi connectivity index (χ4n) is 2.85. The second kappa shape index (κ2) is 8.91. The SMILES string of the molecule is COc1ccc(C=NNC(=O)c2ccc(OCc3nc4ccccc4[nH]3)cc2)cc1. The van der Waals surface area contributed by atoms with Crippen molar-refractivity contribution in [1.82, 2.24) is 15.4 Å². The molecule has 0 unspecified atom stereocenters. The highest BCUT2D eigenvalue weighted by Crippen LogP contribution is 2.16. The van der Waals surface area contributed by atoms with Crippen LogP contribution in [0.1, 0.15) is 21.7 Å². The largest absolute Gasteiger partial charge is 0.497 e.